The first-order valence-electron chi connectivity index (χ1n) is 8.17. The van der Waals surface area contributed by atoms with Crippen LogP contribution in [-0.2, 0) is 11.2 Å². The second-order valence-electron chi connectivity index (χ2n) is 5.69. The van der Waals surface area contributed by atoms with Crippen molar-refractivity contribution in [1.82, 2.24) is 0 Å². The van der Waals surface area contributed by atoms with Gasteiger partial charge in [0.1, 0.15) is 0 Å². The van der Waals surface area contributed by atoms with Gasteiger partial charge in [-0.2, -0.15) is 0 Å². The molecule has 0 bridgehead atoms. The van der Waals surface area contributed by atoms with E-state index in [0.29, 0.717) is 6.10 Å². The molecule has 0 amide bonds. The van der Waals surface area contributed by atoms with E-state index in [-0.39, 0.29) is 6.10 Å². The zero-order valence-electron chi connectivity index (χ0n) is 13.5. The highest BCUT2D eigenvalue weighted by Crippen LogP contribution is 2.19. The van der Waals surface area contributed by atoms with Crippen LogP contribution in [-0.4, -0.2) is 23.9 Å². The third-order valence-electron chi connectivity index (χ3n) is 3.86. The largest absolute Gasteiger partial charge is 0.393 e. The maximum absolute atomic E-state index is 9.60. The molecule has 2 heteroatoms. The lowest BCUT2D eigenvalue weighted by Gasteiger charge is -2.08. The third kappa shape index (κ3) is 5.63. The van der Waals surface area contributed by atoms with Crippen molar-refractivity contribution in [3.63, 3.8) is 0 Å². The Hall–Kier alpha value is -1.64. The van der Waals surface area contributed by atoms with E-state index in [1.807, 2.05) is 25.1 Å². The molecule has 2 aromatic rings. The molecule has 0 aliphatic carbocycles. The lowest BCUT2D eigenvalue weighted by atomic mass is 10.0. The van der Waals surface area contributed by atoms with Crippen LogP contribution in [0.2, 0.25) is 0 Å². The highest BCUT2D eigenvalue weighted by Gasteiger charge is 2.18. The SMILES string of the molecule is CC[C@@H](O)Cc1ccc(-c2ccccc2)cc1.CC[C@@H]1CO1. The number of aliphatic hydroxyl groups is 1. The lowest BCUT2D eigenvalue weighted by Crippen LogP contribution is -2.07. The summed E-state index contributed by atoms with van der Waals surface area (Å²) in [6, 6.07) is 18.8. The zero-order valence-corrected chi connectivity index (χ0v) is 13.5. The lowest BCUT2D eigenvalue weighted by molar-refractivity contribution is 0.171. The minimum Gasteiger partial charge on any atom is -0.393 e. The van der Waals surface area contributed by atoms with Gasteiger partial charge in [0.25, 0.3) is 0 Å². The molecule has 118 valence electrons. The first kappa shape index (κ1) is 16.7. The van der Waals surface area contributed by atoms with Gasteiger partial charge in [0.05, 0.1) is 18.8 Å². The van der Waals surface area contributed by atoms with E-state index in [4.69, 9.17) is 4.74 Å². The Kier molecular flexibility index (Phi) is 6.63. The molecule has 1 aliphatic rings. The van der Waals surface area contributed by atoms with E-state index in [1.54, 1.807) is 0 Å². The fourth-order valence-corrected chi connectivity index (χ4v) is 2.18. The molecule has 2 nitrogen and oxygen atoms in total. The molecule has 2 aromatic carbocycles. The molecule has 1 aliphatic heterocycles. The van der Waals surface area contributed by atoms with Gasteiger partial charge in [-0.3, -0.25) is 0 Å². The van der Waals surface area contributed by atoms with E-state index in [2.05, 4.69) is 43.3 Å². The predicted octanol–water partition coefficient (Wildman–Crippen LogP) is 4.46. The highest BCUT2D eigenvalue weighted by molar-refractivity contribution is 5.63. The molecule has 1 heterocycles. The van der Waals surface area contributed by atoms with Gasteiger partial charge in [0.2, 0.25) is 0 Å². The molecule has 1 fully saturated rings. The topological polar surface area (TPSA) is 32.8 Å². The van der Waals surface area contributed by atoms with Crippen molar-refractivity contribution in [2.45, 2.75) is 45.3 Å². The molecule has 22 heavy (non-hydrogen) atoms. The average Bonchev–Trinajstić information content (AvgIpc) is 3.41. The molecular formula is C20H26O2. The highest BCUT2D eigenvalue weighted by atomic mass is 16.6. The second-order valence-corrected chi connectivity index (χ2v) is 5.69. The van der Waals surface area contributed by atoms with E-state index in [0.717, 1.165) is 19.4 Å². The van der Waals surface area contributed by atoms with Crippen LogP contribution < -0.4 is 0 Å². The molecule has 1 N–H and O–H groups in total. The normalized spacial score (nSPS) is 17.3. The van der Waals surface area contributed by atoms with Gasteiger partial charge in [0, 0.05) is 0 Å². The van der Waals surface area contributed by atoms with Crippen molar-refractivity contribution in [3.05, 3.63) is 60.2 Å². The molecule has 2 atom stereocenters. The van der Waals surface area contributed by atoms with Crippen LogP contribution in [0.4, 0.5) is 0 Å². The fourth-order valence-electron chi connectivity index (χ4n) is 2.18. The zero-order chi connectivity index (χ0) is 15.8. The molecule has 0 spiro atoms. The summed E-state index contributed by atoms with van der Waals surface area (Å²) in [5, 5.41) is 9.60. The number of aliphatic hydroxyl groups excluding tert-OH is 1. The predicted molar refractivity (Wildman–Crippen MR) is 91.9 cm³/mol. The van der Waals surface area contributed by atoms with Crippen molar-refractivity contribution in [2.24, 2.45) is 0 Å². The summed E-state index contributed by atoms with van der Waals surface area (Å²) in [7, 11) is 0. The quantitative estimate of drug-likeness (QED) is 0.827. The number of epoxide rings is 1. The Morgan fingerprint density at radius 3 is 2.05 bits per heavy atom. The summed E-state index contributed by atoms with van der Waals surface area (Å²) in [6.07, 6.45) is 3.15. The van der Waals surface area contributed by atoms with E-state index < -0.39 is 0 Å². The van der Waals surface area contributed by atoms with Crippen LogP contribution in [0, 0.1) is 0 Å². The Balaban J connectivity index is 0.000000299. The monoisotopic (exact) mass is 298 g/mol. The van der Waals surface area contributed by atoms with Crippen LogP contribution >= 0.6 is 0 Å². The molecule has 0 radical (unpaired) electrons. The number of benzene rings is 2. The van der Waals surface area contributed by atoms with Crippen LogP contribution in [0.5, 0.6) is 0 Å². The van der Waals surface area contributed by atoms with Crippen molar-refractivity contribution in [3.8, 4) is 11.1 Å². The minimum atomic E-state index is -0.224. The summed E-state index contributed by atoms with van der Waals surface area (Å²) < 4.78 is 4.86. The second kappa shape index (κ2) is 8.72. The smallest absolute Gasteiger partial charge is 0.0807 e. The summed E-state index contributed by atoms with van der Waals surface area (Å²) >= 11 is 0. The Bertz CT molecular complexity index is 529. The first-order valence-corrected chi connectivity index (χ1v) is 8.17. The maximum Gasteiger partial charge on any atom is 0.0807 e. The maximum atomic E-state index is 9.60. The van der Waals surface area contributed by atoms with Gasteiger partial charge < -0.3 is 9.84 Å². The molecule has 0 aromatic heterocycles. The summed E-state index contributed by atoms with van der Waals surface area (Å²) in [5.74, 6) is 0. The third-order valence-corrected chi connectivity index (χ3v) is 3.86. The molecule has 1 saturated heterocycles. The molecular weight excluding hydrogens is 272 g/mol. The van der Waals surface area contributed by atoms with Crippen molar-refractivity contribution >= 4 is 0 Å². The van der Waals surface area contributed by atoms with Crippen LogP contribution in [0.3, 0.4) is 0 Å². The molecule has 0 unspecified atom stereocenters. The standard InChI is InChI=1S/C16H18O.C4H8O/c1-2-16(17)12-13-8-10-15(11-9-13)14-6-4-3-5-7-14;1-2-4-3-5-4/h3-11,16-17H,2,12H2,1H3;4H,2-3H2,1H3/t16-;4-/m11/s1. The summed E-state index contributed by atoms with van der Waals surface area (Å²) in [6.45, 7) is 5.15. The number of hydrogen-bond acceptors (Lipinski definition) is 2. The van der Waals surface area contributed by atoms with Gasteiger partial charge in [-0.05, 0) is 36.0 Å². The number of ether oxygens (including phenoxy) is 1. The van der Waals surface area contributed by atoms with Gasteiger partial charge in [-0.1, -0.05) is 68.4 Å². The van der Waals surface area contributed by atoms with Crippen LogP contribution in [0.25, 0.3) is 11.1 Å². The molecule has 3 rings (SSSR count). The van der Waals surface area contributed by atoms with Crippen LogP contribution in [0.1, 0.15) is 32.3 Å². The first-order chi connectivity index (χ1) is 10.7. The Labute approximate surface area is 133 Å². The summed E-state index contributed by atoms with van der Waals surface area (Å²) in [4.78, 5) is 0. The fraction of sp³-hybridized carbons (Fsp3) is 0.400. The van der Waals surface area contributed by atoms with E-state index in [9.17, 15) is 5.11 Å². The van der Waals surface area contributed by atoms with E-state index >= 15 is 0 Å². The number of hydrogen-bond donors (Lipinski definition) is 1. The van der Waals surface area contributed by atoms with E-state index in [1.165, 1.54) is 23.1 Å². The Morgan fingerprint density at radius 1 is 1.00 bits per heavy atom. The Morgan fingerprint density at radius 2 is 1.59 bits per heavy atom. The van der Waals surface area contributed by atoms with Gasteiger partial charge in [-0.25, -0.2) is 0 Å². The van der Waals surface area contributed by atoms with Gasteiger partial charge >= 0.3 is 0 Å². The van der Waals surface area contributed by atoms with Gasteiger partial charge in [-0.15, -0.1) is 0 Å². The summed E-state index contributed by atoms with van der Waals surface area (Å²) in [5.41, 5.74) is 3.65. The van der Waals surface area contributed by atoms with Crippen LogP contribution in [0.15, 0.2) is 54.6 Å². The van der Waals surface area contributed by atoms with Gasteiger partial charge in [0.15, 0.2) is 0 Å². The van der Waals surface area contributed by atoms with Crippen molar-refractivity contribution < 1.29 is 9.84 Å². The van der Waals surface area contributed by atoms with Crippen molar-refractivity contribution in [2.75, 3.05) is 6.61 Å². The number of rotatable bonds is 5. The average molecular weight is 298 g/mol. The molecule has 0 saturated carbocycles. The minimum absolute atomic E-state index is 0.224. The van der Waals surface area contributed by atoms with Crippen molar-refractivity contribution in [1.29, 1.82) is 0 Å².